The van der Waals surface area contributed by atoms with Crippen LogP contribution in [0.4, 0.5) is 4.39 Å². The van der Waals surface area contributed by atoms with Crippen LogP contribution in [0.3, 0.4) is 0 Å². The summed E-state index contributed by atoms with van der Waals surface area (Å²) in [7, 11) is 4.19. The average molecular weight is 314 g/mol. The van der Waals surface area contributed by atoms with E-state index in [0.29, 0.717) is 23.0 Å². The molecule has 0 aliphatic carbocycles. The Bertz CT molecular complexity index is 461. The summed E-state index contributed by atoms with van der Waals surface area (Å²) in [5, 5.41) is 0.421. The van der Waals surface area contributed by atoms with Gasteiger partial charge in [0.15, 0.2) is 0 Å². The minimum atomic E-state index is -0.270. The van der Waals surface area contributed by atoms with Crippen molar-refractivity contribution in [2.75, 3.05) is 40.3 Å². The monoisotopic (exact) mass is 313 g/mol. The van der Waals surface area contributed by atoms with E-state index >= 15 is 0 Å². The number of halogens is 2. The van der Waals surface area contributed by atoms with Gasteiger partial charge in [0.2, 0.25) is 0 Å². The van der Waals surface area contributed by atoms with E-state index in [-0.39, 0.29) is 11.9 Å². The first-order chi connectivity index (χ1) is 10.0. The van der Waals surface area contributed by atoms with Crippen LogP contribution in [0.1, 0.15) is 24.4 Å². The fourth-order valence-electron chi connectivity index (χ4n) is 3.10. The highest BCUT2D eigenvalue weighted by molar-refractivity contribution is 6.30. The Morgan fingerprint density at radius 1 is 1.43 bits per heavy atom. The third kappa shape index (κ3) is 4.39. The first-order valence-corrected chi connectivity index (χ1v) is 7.93. The van der Waals surface area contributed by atoms with Crippen LogP contribution >= 0.6 is 11.6 Å². The van der Waals surface area contributed by atoms with Crippen molar-refractivity contribution < 1.29 is 4.39 Å². The molecule has 1 fully saturated rings. The number of benzene rings is 1. The molecular formula is C16H25ClFN3. The van der Waals surface area contributed by atoms with Gasteiger partial charge in [-0.25, -0.2) is 4.39 Å². The van der Waals surface area contributed by atoms with Gasteiger partial charge in [-0.3, -0.25) is 4.90 Å². The molecule has 0 spiro atoms. The Balaban J connectivity index is 2.02. The molecule has 2 N–H and O–H groups in total. The van der Waals surface area contributed by atoms with Crippen molar-refractivity contribution in [2.24, 2.45) is 11.7 Å². The summed E-state index contributed by atoms with van der Waals surface area (Å²) in [5.74, 6) is 0.392. The van der Waals surface area contributed by atoms with E-state index in [2.05, 4.69) is 16.8 Å². The van der Waals surface area contributed by atoms with Gasteiger partial charge in [0.25, 0.3) is 0 Å². The minimum Gasteiger partial charge on any atom is -0.329 e. The number of nitrogens with two attached hydrogens (primary N) is 1. The maximum Gasteiger partial charge on any atom is 0.129 e. The number of hydrogen-bond acceptors (Lipinski definition) is 3. The van der Waals surface area contributed by atoms with Gasteiger partial charge in [0.1, 0.15) is 5.82 Å². The molecule has 1 aliphatic rings. The van der Waals surface area contributed by atoms with Crippen molar-refractivity contribution in [1.29, 1.82) is 0 Å². The highest BCUT2D eigenvalue weighted by Gasteiger charge is 2.24. The zero-order valence-electron chi connectivity index (χ0n) is 12.9. The Morgan fingerprint density at radius 2 is 2.10 bits per heavy atom. The predicted molar refractivity (Wildman–Crippen MR) is 86.1 cm³/mol. The number of likely N-dealkylation sites (tertiary alicyclic amines) is 1. The zero-order valence-corrected chi connectivity index (χ0v) is 13.6. The summed E-state index contributed by atoms with van der Waals surface area (Å²) in [6.07, 6.45) is 2.39. The second-order valence-corrected chi connectivity index (χ2v) is 6.54. The molecule has 0 bridgehead atoms. The quantitative estimate of drug-likeness (QED) is 0.907. The summed E-state index contributed by atoms with van der Waals surface area (Å²) < 4.78 is 14.1. The predicted octanol–water partition coefficient (Wildman–Crippen LogP) is 2.75. The molecule has 1 aliphatic heterocycles. The summed E-state index contributed by atoms with van der Waals surface area (Å²) in [5.41, 5.74) is 6.53. The molecule has 0 aromatic heterocycles. The summed E-state index contributed by atoms with van der Waals surface area (Å²) >= 11 is 5.82. The molecule has 0 radical (unpaired) electrons. The van der Waals surface area contributed by atoms with E-state index in [9.17, 15) is 4.39 Å². The van der Waals surface area contributed by atoms with E-state index < -0.39 is 0 Å². The molecule has 2 rings (SSSR count). The van der Waals surface area contributed by atoms with Crippen LogP contribution in [0.25, 0.3) is 0 Å². The SMILES string of the molecule is CN1CCC(CN(C)C(CN)c2ccc(Cl)cc2F)CC1. The lowest BCUT2D eigenvalue weighted by Crippen LogP contribution is -2.39. The lowest BCUT2D eigenvalue weighted by atomic mass is 9.95. The largest absolute Gasteiger partial charge is 0.329 e. The molecule has 1 aromatic carbocycles. The van der Waals surface area contributed by atoms with E-state index in [1.54, 1.807) is 12.1 Å². The smallest absolute Gasteiger partial charge is 0.129 e. The van der Waals surface area contributed by atoms with Gasteiger partial charge in [-0.1, -0.05) is 17.7 Å². The van der Waals surface area contributed by atoms with Crippen molar-refractivity contribution in [3.8, 4) is 0 Å². The molecule has 1 heterocycles. The van der Waals surface area contributed by atoms with Gasteiger partial charge in [-0.15, -0.1) is 0 Å². The Labute approximate surface area is 131 Å². The van der Waals surface area contributed by atoms with Crippen LogP contribution in [0.2, 0.25) is 5.02 Å². The molecule has 5 heteroatoms. The molecule has 0 saturated carbocycles. The summed E-state index contributed by atoms with van der Waals surface area (Å²) in [6, 6.07) is 4.75. The normalized spacial score (nSPS) is 19.1. The first kappa shape index (κ1) is 16.7. The molecule has 1 atom stereocenters. The topological polar surface area (TPSA) is 32.5 Å². The number of nitrogens with zero attached hydrogens (tertiary/aromatic N) is 2. The van der Waals surface area contributed by atoms with Crippen LogP contribution in [-0.4, -0.2) is 50.1 Å². The Hall–Kier alpha value is -0.680. The van der Waals surface area contributed by atoms with Gasteiger partial charge in [-0.05, 0) is 58.1 Å². The molecular weight excluding hydrogens is 289 g/mol. The van der Waals surface area contributed by atoms with Crippen molar-refractivity contribution in [1.82, 2.24) is 9.80 Å². The molecule has 1 aromatic rings. The van der Waals surface area contributed by atoms with Crippen LogP contribution < -0.4 is 5.73 Å². The first-order valence-electron chi connectivity index (χ1n) is 7.55. The molecule has 118 valence electrons. The summed E-state index contributed by atoms with van der Waals surface area (Å²) in [4.78, 5) is 4.54. The van der Waals surface area contributed by atoms with Crippen molar-refractivity contribution in [2.45, 2.75) is 18.9 Å². The highest BCUT2D eigenvalue weighted by Crippen LogP contribution is 2.26. The van der Waals surface area contributed by atoms with E-state index in [0.717, 1.165) is 19.6 Å². The van der Waals surface area contributed by atoms with Crippen molar-refractivity contribution in [3.05, 3.63) is 34.6 Å². The second-order valence-electron chi connectivity index (χ2n) is 6.10. The van der Waals surface area contributed by atoms with Gasteiger partial charge in [-0.2, -0.15) is 0 Å². The third-order valence-electron chi connectivity index (χ3n) is 4.46. The van der Waals surface area contributed by atoms with Gasteiger partial charge < -0.3 is 10.6 Å². The van der Waals surface area contributed by atoms with Gasteiger partial charge in [0, 0.05) is 29.7 Å². The second kappa shape index (κ2) is 7.54. The average Bonchev–Trinajstić information content (AvgIpc) is 2.44. The zero-order chi connectivity index (χ0) is 15.4. The maximum absolute atomic E-state index is 14.1. The molecule has 21 heavy (non-hydrogen) atoms. The molecule has 1 saturated heterocycles. The number of rotatable bonds is 5. The van der Waals surface area contributed by atoms with Crippen LogP contribution in [0.5, 0.6) is 0 Å². The highest BCUT2D eigenvalue weighted by atomic mass is 35.5. The Morgan fingerprint density at radius 3 is 2.67 bits per heavy atom. The van der Waals surface area contributed by atoms with E-state index in [4.69, 9.17) is 17.3 Å². The van der Waals surface area contributed by atoms with E-state index in [1.807, 2.05) is 7.05 Å². The lowest BCUT2D eigenvalue weighted by molar-refractivity contribution is 0.150. The van der Waals surface area contributed by atoms with Crippen molar-refractivity contribution in [3.63, 3.8) is 0 Å². The van der Waals surface area contributed by atoms with Crippen LogP contribution in [-0.2, 0) is 0 Å². The molecule has 0 amide bonds. The fraction of sp³-hybridized carbons (Fsp3) is 0.625. The fourth-order valence-corrected chi connectivity index (χ4v) is 3.25. The maximum atomic E-state index is 14.1. The third-order valence-corrected chi connectivity index (χ3v) is 4.70. The lowest BCUT2D eigenvalue weighted by Gasteiger charge is -2.35. The Kier molecular flexibility index (Phi) is 5.99. The number of likely N-dealkylation sites (N-methyl/N-ethyl adjacent to an activating group) is 1. The summed E-state index contributed by atoms with van der Waals surface area (Å²) in [6.45, 7) is 3.64. The standard InChI is InChI=1S/C16H25ClFN3/c1-20-7-5-12(6-8-20)11-21(2)16(10-19)14-4-3-13(17)9-15(14)18/h3-4,9,12,16H,5-8,10-11,19H2,1-2H3. The molecule has 3 nitrogen and oxygen atoms in total. The van der Waals surface area contributed by atoms with Gasteiger partial charge >= 0.3 is 0 Å². The molecule has 1 unspecified atom stereocenters. The van der Waals surface area contributed by atoms with Crippen LogP contribution in [0.15, 0.2) is 18.2 Å². The number of piperidine rings is 1. The van der Waals surface area contributed by atoms with Gasteiger partial charge in [0.05, 0.1) is 0 Å². The van der Waals surface area contributed by atoms with E-state index in [1.165, 1.54) is 18.9 Å². The van der Waals surface area contributed by atoms with Crippen molar-refractivity contribution >= 4 is 11.6 Å². The van der Waals surface area contributed by atoms with Crippen LogP contribution in [0, 0.1) is 11.7 Å². The number of hydrogen-bond donors (Lipinski definition) is 1. The minimum absolute atomic E-state index is 0.0954.